The lowest BCUT2D eigenvalue weighted by Crippen LogP contribution is -2.24. The van der Waals surface area contributed by atoms with Crippen LogP contribution in [0, 0.1) is 20.8 Å². The predicted molar refractivity (Wildman–Crippen MR) is 214 cm³/mol. The van der Waals surface area contributed by atoms with Crippen LogP contribution in [-0.4, -0.2) is 26.0 Å². The Balaban J connectivity index is 1.22. The van der Waals surface area contributed by atoms with E-state index in [4.69, 9.17) is 19.9 Å². The fraction of sp³-hybridized carbons (Fsp3) is 0.149. The van der Waals surface area contributed by atoms with E-state index in [0.29, 0.717) is 17.7 Å². The summed E-state index contributed by atoms with van der Waals surface area (Å²) in [6.45, 7) is 8.40. The van der Waals surface area contributed by atoms with E-state index < -0.39 is 0 Å². The maximum atomic E-state index is 5.19. The highest BCUT2D eigenvalue weighted by molar-refractivity contribution is 5.88. The lowest BCUT2D eigenvalue weighted by atomic mass is 9.83. The van der Waals surface area contributed by atoms with Crippen LogP contribution in [0.1, 0.15) is 58.6 Å². The molecule has 4 aromatic carbocycles. The van der Waals surface area contributed by atoms with Gasteiger partial charge in [0.2, 0.25) is 0 Å². The van der Waals surface area contributed by atoms with E-state index in [-0.39, 0.29) is 5.92 Å². The third-order valence-electron chi connectivity index (χ3n) is 9.70. The molecule has 0 bridgehead atoms. The first kappa shape index (κ1) is 33.0. The quantitative estimate of drug-likeness (QED) is 0.182. The molecule has 1 aliphatic heterocycles. The van der Waals surface area contributed by atoms with E-state index in [0.717, 1.165) is 57.2 Å². The summed E-state index contributed by atoms with van der Waals surface area (Å²) in [4.78, 5) is 20.2. The Kier molecular flexibility index (Phi) is 9.00. The van der Waals surface area contributed by atoms with Crippen LogP contribution in [0.5, 0.6) is 0 Å². The maximum absolute atomic E-state index is 5.19. The van der Waals surface area contributed by atoms with Crippen molar-refractivity contribution >= 4 is 16.8 Å². The van der Waals surface area contributed by atoms with Gasteiger partial charge >= 0.3 is 0 Å². The Bertz CT molecular complexity index is 2330. The topological polar surface area (TPSA) is 63.6 Å². The van der Waals surface area contributed by atoms with Crippen molar-refractivity contribution in [3.63, 3.8) is 0 Å². The molecular formula is C47H41N5. The van der Waals surface area contributed by atoms with Gasteiger partial charge in [0, 0.05) is 40.0 Å². The third-order valence-corrected chi connectivity index (χ3v) is 9.70. The Morgan fingerprint density at radius 3 is 1.85 bits per heavy atom. The van der Waals surface area contributed by atoms with Crippen molar-refractivity contribution < 1.29 is 0 Å². The van der Waals surface area contributed by atoms with Crippen molar-refractivity contribution in [1.82, 2.24) is 25.3 Å². The molecule has 2 aromatic heterocycles. The number of nitrogens with zero attached hydrogens (tertiary/aromatic N) is 4. The highest BCUT2D eigenvalue weighted by Crippen LogP contribution is 2.39. The molecule has 1 N–H and O–H groups in total. The molecule has 6 aromatic rings. The minimum atomic E-state index is -0.0726. The van der Waals surface area contributed by atoms with Gasteiger partial charge in [0.15, 0.2) is 11.6 Å². The number of benzene rings is 4. The second-order valence-corrected chi connectivity index (χ2v) is 13.9. The fourth-order valence-electron chi connectivity index (χ4n) is 6.98. The molecule has 2 unspecified atom stereocenters. The minimum Gasteiger partial charge on any atom is -0.379 e. The summed E-state index contributed by atoms with van der Waals surface area (Å²) in [5, 5.41) is 3.58. The molecule has 2 aliphatic rings. The second kappa shape index (κ2) is 14.2. The summed E-state index contributed by atoms with van der Waals surface area (Å²) < 4.78 is 0. The van der Waals surface area contributed by atoms with E-state index in [9.17, 15) is 0 Å². The summed E-state index contributed by atoms with van der Waals surface area (Å²) in [7, 11) is 0. The molecule has 1 aliphatic carbocycles. The first-order chi connectivity index (χ1) is 25.3. The molecule has 0 saturated heterocycles. The van der Waals surface area contributed by atoms with Crippen LogP contribution in [0.15, 0.2) is 146 Å². The smallest absolute Gasteiger partial charge is 0.163 e. The van der Waals surface area contributed by atoms with Crippen molar-refractivity contribution in [3.05, 3.63) is 185 Å². The number of aryl methyl sites for hydroxylation is 3. The average Bonchev–Trinajstić information content (AvgIpc) is 3.18. The van der Waals surface area contributed by atoms with Crippen LogP contribution in [0.3, 0.4) is 0 Å². The van der Waals surface area contributed by atoms with Gasteiger partial charge < -0.3 is 5.32 Å². The van der Waals surface area contributed by atoms with Crippen LogP contribution < -0.4 is 5.32 Å². The Morgan fingerprint density at radius 1 is 0.596 bits per heavy atom. The largest absolute Gasteiger partial charge is 0.379 e. The number of nitrogens with one attached hydrogen (secondary N) is 1. The van der Waals surface area contributed by atoms with Gasteiger partial charge in [-0.2, -0.15) is 0 Å². The Morgan fingerprint density at radius 2 is 1.21 bits per heavy atom. The number of dihydropyridines is 1. The minimum absolute atomic E-state index is 0.0726. The molecule has 254 valence electrons. The number of hydrogen-bond acceptors (Lipinski definition) is 5. The van der Waals surface area contributed by atoms with Crippen molar-refractivity contribution in [2.45, 2.75) is 46.1 Å². The number of pyridine rings is 1. The summed E-state index contributed by atoms with van der Waals surface area (Å²) in [6, 6.07) is 40.9. The molecule has 0 amide bonds. The third kappa shape index (κ3) is 7.17. The van der Waals surface area contributed by atoms with Crippen molar-refractivity contribution in [2.24, 2.45) is 0 Å². The highest BCUT2D eigenvalue weighted by Gasteiger charge is 2.24. The zero-order valence-corrected chi connectivity index (χ0v) is 30.0. The second-order valence-electron chi connectivity index (χ2n) is 13.9. The molecular weight excluding hydrogens is 635 g/mol. The van der Waals surface area contributed by atoms with Crippen molar-refractivity contribution in [1.29, 1.82) is 0 Å². The fourth-order valence-corrected chi connectivity index (χ4v) is 6.98. The lowest BCUT2D eigenvalue weighted by molar-refractivity contribution is 0.775. The molecule has 5 nitrogen and oxygen atoms in total. The molecule has 0 radical (unpaired) electrons. The molecule has 3 heterocycles. The molecule has 0 spiro atoms. The van der Waals surface area contributed by atoms with E-state index in [1.807, 2.05) is 13.0 Å². The van der Waals surface area contributed by atoms with Crippen molar-refractivity contribution in [3.8, 4) is 34.0 Å². The van der Waals surface area contributed by atoms with Crippen LogP contribution in [0.25, 0.3) is 50.9 Å². The Hall–Kier alpha value is -6.20. The highest BCUT2D eigenvalue weighted by atomic mass is 15.0. The summed E-state index contributed by atoms with van der Waals surface area (Å²) >= 11 is 0. The van der Waals surface area contributed by atoms with Gasteiger partial charge in [0.25, 0.3) is 0 Å². The van der Waals surface area contributed by atoms with Gasteiger partial charge in [-0.1, -0.05) is 126 Å². The Labute approximate surface area is 306 Å². The maximum Gasteiger partial charge on any atom is 0.163 e. The van der Waals surface area contributed by atoms with Crippen LogP contribution >= 0.6 is 0 Å². The molecule has 8 rings (SSSR count). The molecule has 2 atom stereocenters. The molecule has 0 fully saturated rings. The first-order valence-corrected chi connectivity index (χ1v) is 18.0. The van der Waals surface area contributed by atoms with E-state index in [2.05, 4.69) is 166 Å². The summed E-state index contributed by atoms with van der Waals surface area (Å²) in [5.74, 6) is 2.07. The number of allylic oxidation sites excluding steroid dienone is 6. The van der Waals surface area contributed by atoms with Crippen LogP contribution in [0.4, 0.5) is 0 Å². The van der Waals surface area contributed by atoms with Gasteiger partial charge in [-0.05, 0) is 92.3 Å². The number of aromatic nitrogens is 4. The lowest BCUT2D eigenvalue weighted by Gasteiger charge is -2.23. The monoisotopic (exact) mass is 675 g/mol. The number of rotatable bonds is 7. The van der Waals surface area contributed by atoms with Crippen LogP contribution in [-0.2, 0) is 0 Å². The predicted octanol–water partition coefficient (Wildman–Crippen LogP) is 10.7. The SMILES string of the molecule is Cc1cccc(-c2nc(-c3cccc(C)c3)nc(C3C=C(c4ccc(-c5cccc(C)n5)cc4)C=C(c4ccc(C5=CC=CC(C)N5)cc4)C3)n2)c1. The van der Waals surface area contributed by atoms with E-state index in [1.54, 1.807) is 0 Å². The van der Waals surface area contributed by atoms with Crippen molar-refractivity contribution in [2.75, 3.05) is 0 Å². The molecule has 5 heteroatoms. The van der Waals surface area contributed by atoms with Gasteiger partial charge in [0.1, 0.15) is 5.82 Å². The molecule has 0 saturated carbocycles. The zero-order chi connectivity index (χ0) is 35.6. The normalized spacial score (nSPS) is 16.8. The van der Waals surface area contributed by atoms with Crippen LogP contribution in [0.2, 0.25) is 0 Å². The van der Waals surface area contributed by atoms with E-state index in [1.165, 1.54) is 27.8 Å². The average molecular weight is 676 g/mol. The van der Waals surface area contributed by atoms with Gasteiger partial charge in [0.05, 0.1) is 5.69 Å². The summed E-state index contributed by atoms with van der Waals surface area (Å²) in [6.07, 6.45) is 11.9. The molecule has 52 heavy (non-hydrogen) atoms. The van der Waals surface area contributed by atoms with Gasteiger partial charge in [-0.15, -0.1) is 0 Å². The van der Waals surface area contributed by atoms with Gasteiger partial charge in [-0.3, -0.25) is 4.98 Å². The van der Waals surface area contributed by atoms with E-state index >= 15 is 0 Å². The zero-order valence-electron chi connectivity index (χ0n) is 30.0. The summed E-state index contributed by atoms with van der Waals surface area (Å²) in [5.41, 5.74) is 14.4. The first-order valence-electron chi connectivity index (χ1n) is 18.0. The van der Waals surface area contributed by atoms with Gasteiger partial charge in [-0.25, -0.2) is 15.0 Å². The number of hydrogen-bond donors (Lipinski definition) is 1. The standard InChI is InChI=1S/C47H41N5/c1-30-9-5-13-38(25-30)45-50-46(39-14-6-10-31(2)26-39)52-47(51-45)42-28-40(34-17-21-36(22-18-34)43-15-7-11-32(3)48-43)27-41(29-42)35-19-23-37(24-20-35)44-16-8-12-33(4)49-44/h5-28,33,42,49H,29H2,1-4H3.